The van der Waals surface area contributed by atoms with E-state index in [1.165, 1.54) is 24.5 Å². The molecule has 1 heterocycles. The van der Waals surface area contributed by atoms with Gasteiger partial charge in [0, 0.05) is 0 Å². The molecule has 11 heteroatoms. The molecular weight excluding hydrogens is 374 g/mol. The average molecular weight is 393 g/mol. The van der Waals surface area contributed by atoms with Crippen molar-refractivity contribution in [3.63, 3.8) is 0 Å². The van der Waals surface area contributed by atoms with Crippen molar-refractivity contribution in [3.8, 4) is 0 Å². The first-order chi connectivity index (χ1) is 11.6. The lowest BCUT2D eigenvalue weighted by molar-refractivity contribution is -0.143. The molecule has 1 N–H and O–H groups in total. The van der Waals surface area contributed by atoms with Gasteiger partial charge in [0.1, 0.15) is 23.9 Å². The van der Waals surface area contributed by atoms with Gasteiger partial charge in [0.2, 0.25) is 0 Å². The monoisotopic (exact) mass is 393 g/mol. The van der Waals surface area contributed by atoms with Gasteiger partial charge in [-0.3, -0.25) is 0 Å². The predicted molar refractivity (Wildman–Crippen MR) is 86.4 cm³/mol. The molecule has 0 saturated carbocycles. The molecule has 0 amide bonds. The third kappa shape index (κ3) is 5.56. The van der Waals surface area contributed by atoms with Gasteiger partial charge in [-0.2, -0.15) is 0 Å². The second kappa shape index (κ2) is 7.89. The third-order valence-corrected chi connectivity index (χ3v) is 5.48. The van der Waals surface area contributed by atoms with Crippen molar-refractivity contribution in [1.82, 2.24) is 4.89 Å². The smallest absolute Gasteiger partial charge is 0.528 e. The molecule has 0 aliphatic carbocycles. The zero-order valence-electron chi connectivity index (χ0n) is 13.9. The van der Waals surface area contributed by atoms with Crippen LogP contribution < -0.4 is 4.89 Å². The Balaban J connectivity index is 1.89. The van der Waals surface area contributed by atoms with Crippen LogP contribution in [0.15, 0.2) is 34.1 Å². The molecule has 1 aliphatic heterocycles. The lowest BCUT2D eigenvalue weighted by Crippen LogP contribution is -2.31. The number of nitrogens with one attached hydrogen (secondary N) is 1. The molecule has 9 nitrogen and oxygen atoms in total. The number of hydrogen-bond donors (Lipinski definition) is 1. The molecule has 1 aliphatic rings. The highest BCUT2D eigenvalue weighted by atomic mass is 32.2. The molecule has 1 unspecified atom stereocenters. The summed E-state index contributed by atoms with van der Waals surface area (Å²) >= 11 is -1.54. The largest absolute Gasteiger partial charge is 0.612 e. The lowest BCUT2D eigenvalue weighted by atomic mass is 10.4. The highest BCUT2D eigenvalue weighted by Crippen LogP contribution is 2.22. The SMILES string of the molecule is C[S+]([O-])c1ccccc1S(=O)(=O)NOC(=O)OC[C@@H]1COC(C)(C)O1. The first-order valence-electron chi connectivity index (χ1n) is 7.20. The Morgan fingerprint density at radius 3 is 2.72 bits per heavy atom. The molecular formula is C14H19NO8S2. The Bertz CT molecular complexity index is 719. The van der Waals surface area contributed by atoms with Crippen molar-refractivity contribution >= 4 is 27.4 Å². The van der Waals surface area contributed by atoms with E-state index < -0.39 is 39.2 Å². The van der Waals surface area contributed by atoms with Crippen molar-refractivity contribution in [2.75, 3.05) is 19.5 Å². The molecule has 2 atom stereocenters. The number of rotatable bonds is 6. The summed E-state index contributed by atoms with van der Waals surface area (Å²) in [7, 11) is -4.21. The minimum absolute atomic E-state index is 0.0886. The summed E-state index contributed by atoms with van der Waals surface area (Å²) in [5.41, 5.74) is 0. The lowest BCUT2D eigenvalue weighted by Gasteiger charge is -2.16. The van der Waals surface area contributed by atoms with E-state index in [4.69, 9.17) is 14.2 Å². The Hall–Kier alpha value is -1.37. The highest BCUT2D eigenvalue weighted by Gasteiger charge is 2.33. The maximum Gasteiger partial charge on any atom is 0.528 e. The van der Waals surface area contributed by atoms with E-state index in [0.29, 0.717) is 0 Å². The Kier molecular flexibility index (Phi) is 6.30. The summed E-state index contributed by atoms with van der Waals surface area (Å²) in [4.78, 5) is 17.4. The van der Waals surface area contributed by atoms with E-state index in [0.717, 1.165) is 0 Å². The topological polar surface area (TPSA) is 123 Å². The van der Waals surface area contributed by atoms with Crippen LogP contribution in [0.5, 0.6) is 0 Å². The molecule has 1 fully saturated rings. The summed E-state index contributed by atoms with van der Waals surface area (Å²) in [5.74, 6) is -0.765. The van der Waals surface area contributed by atoms with Crippen LogP contribution in [0.2, 0.25) is 0 Å². The minimum Gasteiger partial charge on any atom is -0.612 e. The van der Waals surface area contributed by atoms with E-state index in [-0.39, 0.29) is 23.0 Å². The summed E-state index contributed by atoms with van der Waals surface area (Å²) < 4.78 is 51.5. The van der Waals surface area contributed by atoms with Crippen LogP contribution in [0, 0.1) is 0 Å². The van der Waals surface area contributed by atoms with Gasteiger partial charge in [-0.25, -0.2) is 13.2 Å². The van der Waals surface area contributed by atoms with Crippen molar-refractivity contribution in [3.05, 3.63) is 24.3 Å². The summed E-state index contributed by atoms with van der Waals surface area (Å²) in [6.07, 6.45) is -0.372. The first kappa shape index (κ1) is 19.9. The normalized spacial score (nSPS) is 20.9. The first-order valence-corrected chi connectivity index (χ1v) is 10.2. The van der Waals surface area contributed by atoms with Crippen LogP contribution in [-0.2, 0) is 40.2 Å². The number of benzene rings is 1. The minimum atomic E-state index is -4.21. The maximum atomic E-state index is 12.2. The van der Waals surface area contributed by atoms with E-state index in [2.05, 4.69) is 4.84 Å². The molecule has 1 aromatic rings. The number of carbonyl (C=O) groups excluding carboxylic acids is 1. The fourth-order valence-electron chi connectivity index (χ4n) is 2.08. The van der Waals surface area contributed by atoms with Crippen LogP contribution in [0.1, 0.15) is 13.8 Å². The van der Waals surface area contributed by atoms with Crippen molar-refractivity contribution < 1.29 is 36.8 Å². The van der Waals surface area contributed by atoms with Gasteiger partial charge >= 0.3 is 6.16 Å². The summed E-state index contributed by atoms with van der Waals surface area (Å²) in [6.45, 7) is 3.52. The van der Waals surface area contributed by atoms with E-state index in [1.807, 2.05) is 0 Å². The second-order valence-electron chi connectivity index (χ2n) is 5.60. The average Bonchev–Trinajstić information content (AvgIpc) is 2.90. The van der Waals surface area contributed by atoms with Gasteiger partial charge in [0.05, 0.1) is 6.61 Å². The van der Waals surface area contributed by atoms with Crippen LogP contribution in [0.4, 0.5) is 4.79 Å². The van der Waals surface area contributed by atoms with Gasteiger partial charge in [0.15, 0.2) is 10.7 Å². The van der Waals surface area contributed by atoms with Crippen LogP contribution in [0.25, 0.3) is 0 Å². The molecule has 0 bridgehead atoms. The van der Waals surface area contributed by atoms with Gasteiger partial charge in [0.25, 0.3) is 10.0 Å². The van der Waals surface area contributed by atoms with E-state index in [1.54, 1.807) is 24.8 Å². The molecule has 0 spiro atoms. The molecule has 0 aromatic heterocycles. The zero-order chi connectivity index (χ0) is 18.7. The number of hydrogen-bond acceptors (Lipinski definition) is 8. The number of carbonyl (C=O) groups is 1. The molecule has 1 saturated heterocycles. The molecule has 0 radical (unpaired) electrons. The maximum absolute atomic E-state index is 12.2. The Morgan fingerprint density at radius 1 is 1.44 bits per heavy atom. The Labute approximate surface area is 148 Å². The van der Waals surface area contributed by atoms with Crippen LogP contribution in [0.3, 0.4) is 0 Å². The van der Waals surface area contributed by atoms with E-state index >= 15 is 0 Å². The number of sulfonamides is 1. The molecule has 2 rings (SSSR count). The second-order valence-corrected chi connectivity index (χ2v) is 8.56. The van der Waals surface area contributed by atoms with Gasteiger partial charge in [-0.15, -0.1) is 0 Å². The van der Waals surface area contributed by atoms with Gasteiger partial charge in [-0.1, -0.05) is 12.1 Å². The quantitative estimate of drug-likeness (QED) is 0.430. The molecule has 1 aromatic carbocycles. The highest BCUT2D eigenvalue weighted by molar-refractivity contribution is 7.93. The van der Waals surface area contributed by atoms with Crippen molar-refractivity contribution in [2.45, 2.75) is 35.5 Å². The van der Waals surface area contributed by atoms with Crippen LogP contribution >= 0.6 is 0 Å². The zero-order valence-corrected chi connectivity index (χ0v) is 15.5. The van der Waals surface area contributed by atoms with Crippen LogP contribution in [-0.4, -0.2) is 50.5 Å². The third-order valence-electron chi connectivity index (χ3n) is 3.14. The van der Waals surface area contributed by atoms with Crippen molar-refractivity contribution in [2.24, 2.45) is 0 Å². The molecule has 140 valence electrons. The summed E-state index contributed by atoms with van der Waals surface area (Å²) in [6, 6.07) is 5.67. The number of ether oxygens (including phenoxy) is 3. The Morgan fingerprint density at radius 2 is 2.12 bits per heavy atom. The van der Waals surface area contributed by atoms with Crippen molar-refractivity contribution in [1.29, 1.82) is 0 Å². The fraction of sp³-hybridized carbons (Fsp3) is 0.500. The standard InChI is InChI=1S/C14H19NO8S2/c1-14(2)21-9-10(22-14)8-20-13(16)23-15-25(18,19)12-7-5-4-6-11(12)24(3)17/h4-7,10,15H,8-9H2,1-3H3/t10-,24?/m1/s1. The van der Waals surface area contributed by atoms with E-state index in [9.17, 15) is 17.8 Å². The summed E-state index contributed by atoms with van der Waals surface area (Å²) in [5, 5.41) is 0. The molecule has 25 heavy (non-hydrogen) atoms. The fourth-order valence-corrected chi connectivity index (χ4v) is 4.24. The van der Waals surface area contributed by atoms with Gasteiger partial charge in [-0.05, 0) is 42.0 Å². The van der Waals surface area contributed by atoms with Gasteiger partial charge < -0.3 is 23.6 Å². The predicted octanol–water partition coefficient (Wildman–Crippen LogP) is 0.922.